The molecule has 8 nitrogen and oxygen atoms in total. The molecule has 5 rings (SSSR count). The minimum atomic E-state index is -4.83. The van der Waals surface area contributed by atoms with Gasteiger partial charge < -0.3 is 20.1 Å². The van der Waals surface area contributed by atoms with Crippen LogP contribution in [0.1, 0.15) is 56.1 Å². The van der Waals surface area contributed by atoms with E-state index in [0.29, 0.717) is 24.5 Å². The van der Waals surface area contributed by atoms with Crippen LogP contribution in [-0.4, -0.2) is 33.3 Å². The number of rotatable bonds is 9. The van der Waals surface area contributed by atoms with Gasteiger partial charge in [-0.1, -0.05) is 54.6 Å². The number of carbonyl (C=O) groups is 2. The van der Waals surface area contributed by atoms with Crippen molar-refractivity contribution in [3.8, 4) is 5.75 Å². The number of alkyl halides is 3. The number of fused-ring (bicyclic) bond motifs is 1. The Bertz CT molecular complexity index is 1540. The Morgan fingerprint density at radius 1 is 0.976 bits per heavy atom. The summed E-state index contributed by atoms with van der Waals surface area (Å²) in [5.74, 6) is -1.25. The van der Waals surface area contributed by atoms with E-state index in [2.05, 4.69) is 10.4 Å². The number of ether oxygens (including phenoxy) is 1. The van der Waals surface area contributed by atoms with E-state index in [1.54, 1.807) is 24.0 Å². The minimum Gasteiger partial charge on any atom is -0.489 e. The molecule has 0 saturated carbocycles. The predicted molar refractivity (Wildman–Crippen MR) is 145 cm³/mol. The van der Waals surface area contributed by atoms with Crippen molar-refractivity contribution < 1.29 is 32.6 Å². The molecule has 2 N–H and O–H groups in total. The van der Waals surface area contributed by atoms with Gasteiger partial charge in [0.25, 0.3) is 5.91 Å². The average Bonchev–Trinajstić information content (AvgIpc) is 3.53. The first kappa shape index (κ1) is 27.8. The van der Waals surface area contributed by atoms with E-state index in [4.69, 9.17) is 9.84 Å². The molecule has 4 aromatic rings. The third kappa shape index (κ3) is 6.19. The number of halogens is 3. The number of benzene rings is 3. The van der Waals surface area contributed by atoms with Crippen LogP contribution in [0.3, 0.4) is 0 Å². The molecule has 11 heteroatoms. The molecule has 3 aromatic carbocycles. The van der Waals surface area contributed by atoms with Crippen LogP contribution >= 0.6 is 0 Å². The van der Waals surface area contributed by atoms with Crippen LogP contribution < -0.4 is 15.0 Å². The number of amides is 1. The summed E-state index contributed by atoms with van der Waals surface area (Å²) in [6.07, 6.45) is -4.83. The van der Waals surface area contributed by atoms with E-state index < -0.39 is 35.4 Å². The first-order valence-corrected chi connectivity index (χ1v) is 12.9. The fraction of sp³-hybridized carbons (Fsp3) is 0.233. The molecule has 1 amide bonds. The number of hydrogen-bond acceptors (Lipinski definition) is 5. The minimum absolute atomic E-state index is 0.0625. The summed E-state index contributed by atoms with van der Waals surface area (Å²) in [5.41, 5.74) is 0.692. The van der Waals surface area contributed by atoms with Crippen molar-refractivity contribution >= 4 is 17.7 Å². The monoisotopic (exact) mass is 564 g/mol. The van der Waals surface area contributed by atoms with Crippen LogP contribution in [0.2, 0.25) is 0 Å². The number of carboxylic acids is 1. The predicted octanol–water partition coefficient (Wildman–Crippen LogP) is 5.69. The average molecular weight is 565 g/mol. The van der Waals surface area contributed by atoms with E-state index >= 15 is 0 Å². The smallest absolute Gasteiger partial charge is 0.436 e. The lowest BCUT2D eigenvalue weighted by atomic mass is 10.1. The van der Waals surface area contributed by atoms with Crippen molar-refractivity contribution in [3.05, 3.63) is 112 Å². The first-order chi connectivity index (χ1) is 19.6. The van der Waals surface area contributed by atoms with Gasteiger partial charge in [0.15, 0.2) is 5.69 Å². The quantitative estimate of drug-likeness (QED) is 0.271. The Hall–Kier alpha value is -4.80. The standard InChI is InChI=1S/C30H27F3N4O4/c1-19(22-9-11-23(12-10-22)29(39)40)34-27(38)25-26(30(31,32)33)35-37-16-15-36(28(25)37)17-20-7-13-24(14-8-20)41-18-21-5-3-2-4-6-21/h2-14,19H,15-18H2,1H3,(H,34,38)(H,39,40)/t19-/m0/s1. The van der Waals surface area contributed by atoms with Gasteiger partial charge in [0.05, 0.1) is 18.2 Å². The number of nitrogens with zero attached hydrogens (tertiary/aromatic N) is 3. The zero-order valence-electron chi connectivity index (χ0n) is 22.1. The molecule has 0 aliphatic carbocycles. The highest BCUT2D eigenvalue weighted by molar-refractivity contribution is 6.01. The number of aromatic nitrogens is 2. The van der Waals surface area contributed by atoms with Gasteiger partial charge in [-0.2, -0.15) is 18.3 Å². The molecule has 41 heavy (non-hydrogen) atoms. The number of anilines is 1. The third-order valence-corrected chi connectivity index (χ3v) is 6.85. The van der Waals surface area contributed by atoms with Gasteiger partial charge in [-0.05, 0) is 47.9 Å². The fourth-order valence-electron chi connectivity index (χ4n) is 4.73. The van der Waals surface area contributed by atoms with E-state index in [-0.39, 0.29) is 24.5 Å². The van der Waals surface area contributed by atoms with E-state index in [1.165, 1.54) is 28.9 Å². The maximum absolute atomic E-state index is 14.0. The largest absolute Gasteiger partial charge is 0.489 e. The second kappa shape index (κ2) is 11.4. The number of aromatic carboxylic acids is 1. The number of carboxylic acid groups (broad SMARTS) is 1. The molecule has 1 aromatic heterocycles. The zero-order chi connectivity index (χ0) is 29.1. The summed E-state index contributed by atoms with van der Waals surface area (Å²) in [4.78, 5) is 26.2. The summed E-state index contributed by atoms with van der Waals surface area (Å²) < 4.78 is 49.0. The summed E-state index contributed by atoms with van der Waals surface area (Å²) in [7, 11) is 0. The van der Waals surface area contributed by atoms with Crippen molar-refractivity contribution in [1.82, 2.24) is 15.1 Å². The molecule has 1 aliphatic rings. The molecule has 0 radical (unpaired) electrons. The maximum atomic E-state index is 14.0. The SMILES string of the molecule is C[C@H](NC(=O)c1c(C(F)(F)F)nn2c1N(Cc1ccc(OCc3ccccc3)cc1)CC2)c1ccc(C(=O)O)cc1. The molecule has 1 atom stereocenters. The van der Waals surface area contributed by atoms with Crippen molar-refractivity contribution in [2.45, 2.75) is 38.8 Å². The Labute approximate surface area is 234 Å². The molecule has 0 spiro atoms. The van der Waals surface area contributed by atoms with Crippen LogP contribution in [-0.2, 0) is 25.9 Å². The van der Waals surface area contributed by atoms with Crippen molar-refractivity contribution in [1.29, 1.82) is 0 Å². The fourth-order valence-corrected chi connectivity index (χ4v) is 4.73. The number of carbonyl (C=O) groups excluding carboxylic acids is 1. The van der Waals surface area contributed by atoms with Crippen LogP contribution in [0.5, 0.6) is 5.75 Å². The summed E-state index contributed by atoms with van der Waals surface area (Å²) >= 11 is 0. The third-order valence-electron chi connectivity index (χ3n) is 6.85. The Morgan fingerprint density at radius 2 is 1.66 bits per heavy atom. The van der Waals surface area contributed by atoms with Gasteiger partial charge >= 0.3 is 12.1 Å². The van der Waals surface area contributed by atoms with Crippen molar-refractivity contribution in [2.75, 3.05) is 11.4 Å². The molecule has 0 bridgehead atoms. The molecule has 0 unspecified atom stereocenters. The molecular weight excluding hydrogens is 537 g/mol. The van der Waals surface area contributed by atoms with E-state index in [0.717, 1.165) is 11.1 Å². The normalized spacial score (nSPS) is 13.5. The topological polar surface area (TPSA) is 96.7 Å². The maximum Gasteiger partial charge on any atom is 0.436 e. The second-order valence-corrected chi connectivity index (χ2v) is 9.73. The number of hydrogen-bond donors (Lipinski definition) is 2. The Morgan fingerprint density at radius 3 is 2.29 bits per heavy atom. The van der Waals surface area contributed by atoms with Gasteiger partial charge in [-0.3, -0.25) is 4.79 Å². The Kier molecular flexibility index (Phi) is 7.69. The first-order valence-electron chi connectivity index (χ1n) is 12.9. The van der Waals surface area contributed by atoms with Crippen LogP contribution in [0.25, 0.3) is 0 Å². The van der Waals surface area contributed by atoms with Gasteiger partial charge in [0.1, 0.15) is 23.7 Å². The highest BCUT2D eigenvalue weighted by Crippen LogP contribution is 2.39. The lowest BCUT2D eigenvalue weighted by Gasteiger charge is -2.21. The van der Waals surface area contributed by atoms with Crippen LogP contribution in [0, 0.1) is 0 Å². The zero-order valence-corrected chi connectivity index (χ0v) is 22.1. The molecule has 2 heterocycles. The van der Waals surface area contributed by atoms with Crippen LogP contribution in [0.4, 0.5) is 19.0 Å². The summed E-state index contributed by atoms with van der Waals surface area (Å²) in [6.45, 7) is 2.89. The van der Waals surface area contributed by atoms with Gasteiger partial charge in [0, 0.05) is 13.1 Å². The van der Waals surface area contributed by atoms with Crippen molar-refractivity contribution in [2.24, 2.45) is 0 Å². The molecule has 1 aliphatic heterocycles. The molecule has 212 valence electrons. The van der Waals surface area contributed by atoms with Gasteiger partial charge in [-0.15, -0.1) is 0 Å². The van der Waals surface area contributed by atoms with E-state index in [9.17, 15) is 22.8 Å². The van der Waals surface area contributed by atoms with E-state index in [1.807, 2.05) is 42.5 Å². The number of nitrogens with one attached hydrogen (secondary N) is 1. The highest BCUT2D eigenvalue weighted by atomic mass is 19.4. The van der Waals surface area contributed by atoms with Crippen molar-refractivity contribution in [3.63, 3.8) is 0 Å². The molecular formula is C30H27F3N4O4. The lowest BCUT2D eigenvalue weighted by Crippen LogP contribution is -2.31. The summed E-state index contributed by atoms with van der Waals surface area (Å²) in [5, 5.41) is 15.5. The molecule has 0 saturated heterocycles. The Balaban J connectivity index is 1.34. The second-order valence-electron chi connectivity index (χ2n) is 9.73. The summed E-state index contributed by atoms with van der Waals surface area (Å²) in [6, 6.07) is 22.1. The van der Waals surface area contributed by atoms with Gasteiger partial charge in [0.2, 0.25) is 0 Å². The highest BCUT2D eigenvalue weighted by Gasteiger charge is 2.44. The van der Waals surface area contributed by atoms with Crippen LogP contribution in [0.15, 0.2) is 78.9 Å². The van der Waals surface area contributed by atoms with Gasteiger partial charge in [-0.25, -0.2) is 9.48 Å². The lowest BCUT2D eigenvalue weighted by molar-refractivity contribution is -0.141. The molecule has 0 fully saturated rings.